The van der Waals surface area contributed by atoms with Crippen LogP contribution in [-0.2, 0) is 16.6 Å². The van der Waals surface area contributed by atoms with E-state index in [0.29, 0.717) is 18.1 Å². The molecule has 0 N–H and O–H groups in total. The van der Waals surface area contributed by atoms with Crippen LogP contribution in [0, 0.1) is 17.8 Å². The van der Waals surface area contributed by atoms with E-state index in [1.165, 1.54) is 30.4 Å². The molecule has 2 aliphatic rings. The van der Waals surface area contributed by atoms with Gasteiger partial charge in [0.15, 0.2) is 0 Å². The third-order valence-electron chi connectivity index (χ3n) is 4.98. The number of rotatable bonds is 3. The molecule has 0 amide bonds. The van der Waals surface area contributed by atoms with Crippen LogP contribution in [0.25, 0.3) is 0 Å². The molecule has 0 aromatic heterocycles. The quantitative estimate of drug-likeness (QED) is 0.794. The third-order valence-corrected chi connectivity index (χ3v) is 4.98. The van der Waals surface area contributed by atoms with E-state index < -0.39 is 0 Å². The highest BCUT2D eigenvalue weighted by Gasteiger charge is 2.55. The van der Waals surface area contributed by atoms with Crippen LogP contribution in [0.4, 0.5) is 0 Å². The Morgan fingerprint density at radius 1 is 1.11 bits per heavy atom. The monoisotopic (exact) mass is 256 g/mol. The molecule has 0 spiro atoms. The fraction of sp³-hybridized carbons (Fsp3) is 0.611. The van der Waals surface area contributed by atoms with E-state index in [1.54, 1.807) is 0 Å². The zero-order valence-corrected chi connectivity index (χ0v) is 12.3. The van der Waals surface area contributed by atoms with Gasteiger partial charge in [-0.25, -0.2) is 0 Å². The summed E-state index contributed by atoms with van der Waals surface area (Å²) in [7, 11) is 0. The second kappa shape index (κ2) is 4.47. The van der Waals surface area contributed by atoms with E-state index in [-0.39, 0.29) is 5.41 Å². The van der Waals surface area contributed by atoms with Crippen molar-refractivity contribution in [3.8, 4) is 0 Å². The fourth-order valence-electron chi connectivity index (χ4n) is 3.74. The van der Waals surface area contributed by atoms with Crippen molar-refractivity contribution in [2.75, 3.05) is 0 Å². The van der Waals surface area contributed by atoms with Gasteiger partial charge < -0.3 is 0 Å². The van der Waals surface area contributed by atoms with Gasteiger partial charge in [-0.2, -0.15) is 0 Å². The van der Waals surface area contributed by atoms with E-state index in [2.05, 4.69) is 45.0 Å². The molecule has 2 fully saturated rings. The van der Waals surface area contributed by atoms with Gasteiger partial charge >= 0.3 is 0 Å². The summed E-state index contributed by atoms with van der Waals surface area (Å²) in [5, 5.41) is 0. The molecular formula is C18H24O. The summed E-state index contributed by atoms with van der Waals surface area (Å²) >= 11 is 0. The van der Waals surface area contributed by atoms with Crippen molar-refractivity contribution in [3.63, 3.8) is 0 Å². The lowest BCUT2D eigenvalue weighted by Crippen LogP contribution is -2.12. The van der Waals surface area contributed by atoms with Crippen LogP contribution < -0.4 is 0 Å². The van der Waals surface area contributed by atoms with Gasteiger partial charge in [-0.3, -0.25) is 4.79 Å². The van der Waals surface area contributed by atoms with Crippen molar-refractivity contribution < 1.29 is 4.79 Å². The molecule has 0 saturated heterocycles. The first-order chi connectivity index (χ1) is 8.97. The van der Waals surface area contributed by atoms with Gasteiger partial charge in [0.2, 0.25) is 0 Å². The fourth-order valence-corrected chi connectivity index (χ4v) is 3.74. The standard InChI is InChI=1S/C18H24O/c1-18(2,3)13-9-7-12(8-10-13)11-16(19)17-14-5-4-6-15(14)17/h7-10,14-15,17H,4-6,11H2,1-3H3. The van der Waals surface area contributed by atoms with Gasteiger partial charge in [-0.05, 0) is 41.2 Å². The minimum atomic E-state index is 0.191. The van der Waals surface area contributed by atoms with E-state index >= 15 is 0 Å². The molecule has 1 nitrogen and oxygen atoms in total. The van der Waals surface area contributed by atoms with Crippen molar-refractivity contribution in [1.82, 2.24) is 0 Å². The topological polar surface area (TPSA) is 17.1 Å². The molecule has 102 valence electrons. The zero-order chi connectivity index (χ0) is 13.6. The molecule has 1 heteroatoms. The van der Waals surface area contributed by atoms with Gasteiger partial charge in [0.1, 0.15) is 5.78 Å². The lowest BCUT2D eigenvalue weighted by atomic mass is 9.86. The van der Waals surface area contributed by atoms with Gasteiger partial charge in [-0.1, -0.05) is 51.5 Å². The number of carbonyl (C=O) groups is 1. The summed E-state index contributed by atoms with van der Waals surface area (Å²) in [4.78, 5) is 12.3. The molecule has 19 heavy (non-hydrogen) atoms. The van der Waals surface area contributed by atoms with Crippen molar-refractivity contribution >= 4 is 5.78 Å². The zero-order valence-electron chi connectivity index (χ0n) is 12.3. The molecule has 3 rings (SSSR count). The van der Waals surface area contributed by atoms with Gasteiger partial charge in [-0.15, -0.1) is 0 Å². The lowest BCUT2D eigenvalue weighted by Gasteiger charge is -2.19. The molecule has 2 aliphatic carbocycles. The maximum atomic E-state index is 12.3. The van der Waals surface area contributed by atoms with Crippen molar-refractivity contribution in [2.45, 2.75) is 51.9 Å². The van der Waals surface area contributed by atoms with Gasteiger partial charge in [0, 0.05) is 12.3 Å². The molecule has 0 bridgehead atoms. The number of fused-ring (bicyclic) bond motifs is 1. The largest absolute Gasteiger partial charge is 0.299 e. The predicted octanol–water partition coefficient (Wildman–Crippen LogP) is 4.14. The maximum Gasteiger partial charge on any atom is 0.140 e. The van der Waals surface area contributed by atoms with Crippen LogP contribution in [0.1, 0.15) is 51.2 Å². The molecular weight excluding hydrogens is 232 g/mol. The van der Waals surface area contributed by atoms with Crippen LogP contribution in [-0.4, -0.2) is 5.78 Å². The Morgan fingerprint density at radius 3 is 2.21 bits per heavy atom. The van der Waals surface area contributed by atoms with Crippen LogP contribution in [0.15, 0.2) is 24.3 Å². The summed E-state index contributed by atoms with van der Waals surface area (Å²) in [5.41, 5.74) is 2.71. The summed E-state index contributed by atoms with van der Waals surface area (Å²) in [6, 6.07) is 8.62. The average Bonchev–Trinajstić information content (AvgIpc) is 2.83. The van der Waals surface area contributed by atoms with E-state index in [4.69, 9.17) is 0 Å². The lowest BCUT2D eigenvalue weighted by molar-refractivity contribution is -0.120. The Hall–Kier alpha value is -1.11. The molecule has 2 saturated carbocycles. The third kappa shape index (κ3) is 2.48. The second-order valence-corrected chi connectivity index (χ2v) is 7.37. The van der Waals surface area contributed by atoms with Gasteiger partial charge in [0.25, 0.3) is 0 Å². The number of Topliss-reactive ketones (excluding diaryl/α,β-unsaturated/α-hetero) is 1. The van der Waals surface area contributed by atoms with Crippen LogP contribution in [0.2, 0.25) is 0 Å². The minimum absolute atomic E-state index is 0.191. The molecule has 2 atom stereocenters. The highest BCUT2D eigenvalue weighted by Crippen LogP contribution is 2.58. The van der Waals surface area contributed by atoms with Crippen LogP contribution in [0.3, 0.4) is 0 Å². The highest BCUT2D eigenvalue weighted by atomic mass is 16.1. The first-order valence-electron chi connectivity index (χ1n) is 7.59. The Kier molecular flexibility index (Phi) is 3.03. The van der Waals surface area contributed by atoms with E-state index in [1.807, 2.05) is 0 Å². The number of hydrogen-bond acceptors (Lipinski definition) is 1. The first-order valence-corrected chi connectivity index (χ1v) is 7.59. The molecule has 0 aliphatic heterocycles. The first kappa shape index (κ1) is 12.9. The van der Waals surface area contributed by atoms with Crippen molar-refractivity contribution in [3.05, 3.63) is 35.4 Å². The number of ketones is 1. The summed E-state index contributed by atoms with van der Waals surface area (Å²) < 4.78 is 0. The van der Waals surface area contributed by atoms with Crippen molar-refractivity contribution in [1.29, 1.82) is 0 Å². The Morgan fingerprint density at radius 2 is 1.68 bits per heavy atom. The van der Waals surface area contributed by atoms with Gasteiger partial charge in [0.05, 0.1) is 0 Å². The molecule has 1 aromatic rings. The Labute approximate surface area is 116 Å². The summed E-state index contributed by atoms with van der Waals surface area (Å²) in [6.07, 6.45) is 4.58. The maximum absolute atomic E-state index is 12.3. The Bertz CT molecular complexity index is 467. The predicted molar refractivity (Wildman–Crippen MR) is 78.2 cm³/mol. The van der Waals surface area contributed by atoms with Crippen LogP contribution >= 0.6 is 0 Å². The number of benzene rings is 1. The highest BCUT2D eigenvalue weighted by molar-refractivity contribution is 5.86. The molecule has 0 heterocycles. The summed E-state index contributed by atoms with van der Waals surface area (Å²) in [5.74, 6) is 2.40. The van der Waals surface area contributed by atoms with E-state index in [0.717, 1.165) is 11.8 Å². The molecule has 1 aromatic carbocycles. The van der Waals surface area contributed by atoms with E-state index in [9.17, 15) is 4.79 Å². The molecule has 0 radical (unpaired) electrons. The van der Waals surface area contributed by atoms with Crippen molar-refractivity contribution in [2.24, 2.45) is 17.8 Å². The summed E-state index contributed by atoms with van der Waals surface area (Å²) in [6.45, 7) is 6.66. The SMILES string of the molecule is CC(C)(C)c1ccc(CC(=O)C2C3CCCC32)cc1. The second-order valence-electron chi connectivity index (χ2n) is 7.37. The number of carbonyl (C=O) groups excluding carboxylic acids is 1. The van der Waals surface area contributed by atoms with Crippen LogP contribution in [0.5, 0.6) is 0 Å². The average molecular weight is 256 g/mol. The molecule has 2 unspecified atom stereocenters. The number of hydrogen-bond donors (Lipinski definition) is 0. The normalized spacial score (nSPS) is 29.1. The smallest absolute Gasteiger partial charge is 0.140 e. The Balaban J connectivity index is 1.63. The minimum Gasteiger partial charge on any atom is -0.299 e.